The summed E-state index contributed by atoms with van der Waals surface area (Å²) in [7, 11) is 0. The maximum atomic E-state index is 5.59. The van der Waals surface area contributed by atoms with E-state index in [1.807, 2.05) is 23.2 Å². The Hall–Kier alpha value is -1.61. The summed E-state index contributed by atoms with van der Waals surface area (Å²) in [6, 6.07) is 8.40. The van der Waals surface area contributed by atoms with Crippen LogP contribution in [0.3, 0.4) is 0 Å². The summed E-state index contributed by atoms with van der Waals surface area (Å²) >= 11 is 0. The van der Waals surface area contributed by atoms with Gasteiger partial charge in [-0.2, -0.15) is 0 Å². The van der Waals surface area contributed by atoms with E-state index in [1.165, 1.54) is 11.3 Å². The number of para-hydroxylation sites is 1. The standard InChI is InChI=1S/C14H19N3/c1-14(2,3)12-6-4-5-7-13(12)17-9-11(8-15)16-10-17/h4-7,9-10H,8,15H2,1-3H3. The summed E-state index contributed by atoms with van der Waals surface area (Å²) in [5, 5.41) is 0. The molecule has 90 valence electrons. The Kier molecular flexibility index (Phi) is 3.03. The summed E-state index contributed by atoms with van der Waals surface area (Å²) < 4.78 is 2.04. The van der Waals surface area contributed by atoms with Crippen LogP contribution in [0.4, 0.5) is 0 Å². The lowest BCUT2D eigenvalue weighted by molar-refractivity contribution is 0.586. The van der Waals surface area contributed by atoms with Crippen molar-refractivity contribution in [2.24, 2.45) is 5.73 Å². The molecule has 0 radical (unpaired) electrons. The van der Waals surface area contributed by atoms with Crippen molar-refractivity contribution in [2.45, 2.75) is 32.7 Å². The average Bonchev–Trinajstić information content (AvgIpc) is 2.76. The van der Waals surface area contributed by atoms with Crippen LogP contribution in [0.5, 0.6) is 0 Å². The highest BCUT2D eigenvalue weighted by atomic mass is 15.0. The largest absolute Gasteiger partial charge is 0.325 e. The van der Waals surface area contributed by atoms with E-state index in [4.69, 9.17) is 5.73 Å². The summed E-state index contributed by atoms with van der Waals surface area (Å²) in [5.41, 5.74) is 9.09. The van der Waals surface area contributed by atoms with Crippen molar-refractivity contribution in [1.29, 1.82) is 0 Å². The number of imidazole rings is 1. The fourth-order valence-corrected chi connectivity index (χ4v) is 1.93. The van der Waals surface area contributed by atoms with Gasteiger partial charge < -0.3 is 10.3 Å². The number of hydrogen-bond donors (Lipinski definition) is 1. The van der Waals surface area contributed by atoms with Crippen molar-refractivity contribution in [1.82, 2.24) is 9.55 Å². The number of benzene rings is 1. The zero-order chi connectivity index (χ0) is 12.5. The van der Waals surface area contributed by atoms with Gasteiger partial charge in [0.2, 0.25) is 0 Å². The molecule has 0 amide bonds. The highest BCUT2D eigenvalue weighted by molar-refractivity contribution is 5.45. The number of nitrogens with two attached hydrogens (primary N) is 1. The van der Waals surface area contributed by atoms with E-state index in [-0.39, 0.29) is 5.41 Å². The fraction of sp³-hybridized carbons (Fsp3) is 0.357. The molecule has 0 bridgehead atoms. The monoisotopic (exact) mass is 229 g/mol. The molecule has 0 atom stereocenters. The third-order valence-electron chi connectivity index (χ3n) is 2.84. The van der Waals surface area contributed by atoms with Crippen molar-refractivity contribution in [3.8, 4) is 5.69 Å². The highest BCUT2D eigenvalue weighted by Crippen LogP contribution is 2.28. The first-order valence-electron chi connectivity index (χ1n) is 5.85. The van der Waals surface area contributed by atoms with E-state index < -0.39 is 0 Å². The zero-order valence-electron chi connectivity index (χ0n) is 10.6. The van der Waals surface area contributed by atoms with Gasteiger partial charge in [0.05, 0.1) is 17.7 Å². The molecule has 0 spiro atoms. The van der Waals surface area contributed by atoms with Crippen LogP contribution in [0, 0.1) is 0 Å². The average molecular weight is 229 g/mol. The predicted molar refractivity (Wildman–Crippen MR) is 70.2 cm³/mol. The number of nitrogens with zero attached hydrogens (tertiary/aromatic N) is 2. The molecule has 0 fully saturated rings. The number of aromatic nitrogens is 2. The zero-order valence-corrected chi connectivity index (χ0v) is 10.6. The van der Waals surface area contributed by atoms with Gasteiger partial charge in [-0.05, 0) is 17.0 Å². The second-order valence-electron chi connectivity index (χ2n) is 5.24. The molecule has 0 unspecified atom stereocenters. The van der Waals surface area contributed by atoms with E-state index >= 15 is 0 Å². The first-order valence-corrected chi connectivity index (χ1v) is 5.85. The van der Waals surface area contributed by atoms with Crippen molar-refractivity contribution < 1.29 is 0 Å². The van der Waals surface area contributed by atoms with Crippen LogP contribution in [0.1, 0.15) is 32.0 Å². The smallest absolute Gasteiger partial charge is 0.0995 e. The molecule has 1 heterocycles. The Balaban J connectivity index is 2.52. The van der Waals surface area contributed by atoms with Crippen LogP contribution in [-0.4, -0.2) is 9.55 Å². The van der Waals surface area contributed by atoms with Gasteiger partial charge in [-0.25, -0.2) is 4.98 Å². The van der Waals surface area contributed by atoms with E-state index in [0.29, 0.717) is 6.54 Å². The molecule has 2 aromatic rings. The van der Waals surface area contributed by atoms with Gasteiger partial charge in [-0.15, -0.1) is 0 Å². The van der Waals surface area contributed by atoms with Crippen molar-refractivity contribution in [3.63, 3.8) is 0 Å². The van der Waals surface area contributed by atoms with Crippen molar-refractivity contribution in [2.75, 3.05) is 0 Å². The van der Waals surface area contributed by atoms with Crippen LogP contribution in [0.2, 0.25) is 0 Å². The van der Waals surface area contributed by atoms with Crippen LogP contribution < -0.4 is 5.73 Å². The molecule has 0 saturated heterocycles. The molecule has 2 N–H and O–H groups in total. The Morgan fingerprint density at radius 3 is 2.53 bits per heavy atom. The maximum absolute atomic E-state index is 5.59. The lowest BCUT2D eigenvalue weighted by Crippen LogP contribution is -2.14. The van der Waals surface area contributed by atoms with E-state index in [9.17, 15) is 0 Å². The molecule has 3 heteroatoms. The lowest BCUT2D eigenvalue weighted by atomic mass is 9.86. The van der Waals surface area contributed by atoms with Gasteiger partial charge in [-0.1, -0.05) is 39.0 Å². The number of hydrogen-bond acceptors (Lipinski definition) is 2. The van der Waals surface area contributed by atoms with Gasteiger partial charge in [-0.3, -0.25) is 0 Å². The van der Waals surface area contributed by atoms with Crippen LogP contribution in [0.15, 0.2) is 36.8 Å². The molecule has 17 heavy (non-hydrogen) atoms. The summed E-state index contributed by atoms with van der Waals surface area (Å²) in [4.78, 5) is 4.27. The molecule has 0 saturated carbocycles. The van der Waals surface area contributed by atoms with Gasteiger partial charge >= 0.3 is 0 Å². The Labute approximate surface area is 102 Å². The fourth-order valence-electron chi connectivity index (χ4n) is 1.93. The van der Waals surface area contributed by atoms with Gasteiger partial charge in [0.1, 0.15) is 0 Å². The van der Waals surface area contributed by atoms with E-state index in [1.54, 1.807) is 0 Å². The normalized spacial score (nSPS) is 11.8. The maximum Gasteiger partial charge on any atom is 0.0995 e. The van der Waals surface area contributed by atoms with Gasteiger partial charge in [0, 0.05) is 12.7 Å². The SMILES string of the molecule is CC(C)(C)c1ccccc1-n1cnc(CN)c1. The van der Waals surface area contributed by atoms with E-state index in [0.717, 1.165) is 5.69 Å². The second-order valence-corrected chi connectivity index (χ2v) is 5.24. The first kappa shape index (κ1) is 11.9. The van der Waals surface area contributed by atoms with E-state index in [2.05, 4.69) is 44.0 Å². The summed E-state index contributed by atoms with van der Waals surface area (Å²) in [6.07, 6.45) is 3.82. The second kappa shape index (κ2) is 4.34. The minimum atomic E-state index is 0.115. The number of rotatable bonds is 2. The quantitative estimate of drug-likeness (QED) is 0.860. The molecule has 0 aliphatic rings. The molecule has 2 rings (SSSR count). The molecule has 3 nitrogen and oxygen atoms in total. The Morgan fingerprint density at radius 2 is 1.94 bits per heavy atom. The molecule has 1 aromatic heterocycles. The molecule has 1 aromatic carbocycles. The van der Waals surface area contributed by atoms with Crippen molar-refractivity contribution >= 4 is 0 Å². The molecular formula is C14H19N3. The van der Waals surface area contributed by atoms with Crippen LogP contribution >= 0.6 is 0 Å². The third kappa shape index (κ3) is 2.39. The minimum absolute atomic E-state index is 0.115. The van der Waals surface area contributed by atoms with Gasteiger partial charge in [0.25, 0.3) is 0 Å². The van der Waals surface area contributed by atoms with Crippen LogP contribution in [-0.2, 0) is 12.0 Å². The Bertz CT molecular complexity index is 506. The van der Waals surface area contributed by atoms with Crippen LogP contribution in [0.25, 0.3) is 5.69 Å². The third-order valence-corrected chi connectivity index (χ3v) is 2.84. The first-order chi connectivity index (χ1) is 8.02. The predicted octanol–water partition coefficient (Wildman–Crippen LogP) is 2.63. The topological polar surface area (TPSA) is 43.8 Å². The Morgan fingerprint density at radius 1 is 1.24 bits per heavy atom. The summed E-state index contributed by atoms with van der Waals surface area (Å²) in [6.45, 7) is 7.12. The highest BCUT2D eigenvalue weighted by Gasteiger charge is 2.18. The molecular weight excluding hydrogens is 210 g/mol. The lowest BCUT2D eigenvalue weighted by Gasteiger charge is -2.22. The molecule has 0 aliphatic heterocycles. The van der Waals surface area contributed by atoms with Crippen molar-refractivity contribution in [3.05, 3.63) is 48.0 Å². The molecule has 0 aliphatic carbocycles. The summed E-state index contributed by atoms with van der Waals surface area (Å²) in [5.74, 6) is 0. The minimum Gasteiger partial charge on any atom is -0.325 e. The van der Waals surface area contributed by atoms with Gasteiger partial charge in [0.15, 0.2) is 0 Å².